The molecule has 9 heteroatoms. The first-order valence-electron chi connectivity index (χ1n) is 10.9. The van der Waals surface area contributed by atoms with E-state index in [1.54, 1.807) is 30.6 Å². The number of hydrogen-bond donors (Lipinski definition) is 1. The Bertz CT molecular complexity index is 1320. The Morgan fingerprint density at radius 2 is 1.74 bits per heavy atom. The van der Waals surface area contributed by atoms with Crippen LogP contribution in [0, 0.1) is 5.82 Å². The van der Waals surface area contributed by atoms with Crippen molar-refractivity contribution in [3.05, 3.63) is 90.5 Å². The van der Waals surface area contributed by atoms with Crippen LogP contribution < -0.4 is 9.46 Å². The Kier molecular flexibility index (Phi) is 7.56. The summed E-state index contributed by atoms with van der Waals surface area (Å²) in [4.78, 5) is 4.49. The summed E-state index contributed by atoms with van der Waals surface area (Å²) in [5.41, 5.74) is 2.32. The maximum atomic E-state index is 13.5. The number of imidazole rings is 1. The summed E-state index contributed by atoms with van der Waals surface area (Å²) >= 11 is 0. The maximum absolute atomic E-state index is 13.5. The van der Waals surface area contributed by atoms with E-state index in [2.05, 4.69) is 9.71 Å². The molecule has 1 unspecified atom stereocenters. The molecule has 0 bridgehead atoms. The van der Waals surface area contributed by atoms with Crippen molar-refractivity contribution in [3.8, 4) is 5.75 Å². The molecular formula is C25H26FN3O4S. The number of hydrogen-bond acceptors (Lipinski definition) is 5. The number of sulfonamides is 1. The number of nitrogens with zero attached hydrogens (tertiary/aromatic N) is 2. The Hall–Kier alpha value is -3.27. The number of fused-ring (bicyclic) bond motifs is 1. The molecule has 0 saturated carbocycles. The van der Waals surface area contributed by atoms with Crippen LogP contribution in [0.15, 0.2) is 84.0 Å². The molecule has 178 valence electrons. The molecule has 1 aromatic heterocycles. The van der Waals surface area contributed by atoms with Crippen LogP contribution in [-0.2, 0) is 21.3 Å². The number of aromatic nitrogens is 2. The zero-order valence-corrected chi connectivity index (χ0v) is 19.5. The van der Waals surface area contributed by atoms with Crippen LogP contribution in [0.1, 0.15) is 18.5 Å². The minimum Gasteiger partial charge on any atom is -0.491 e. The van der Waals surface area contributed by atoms with Gasteiger partial charge in [0.1, 0.15) is 18.2 Å². The number of benzene rings is 3. The first-order chi connectivity index (χ1) is 16.5. The van der Waals surface area contributed by atoms with Crippen molar-refractivity contribution in [3.63, 3.8) is 0 Å². The van der Waals surface area contributed by atoms with Gasteiger partial charge in [0.05, 0.1) is 34.9 Å². The number of para-hydroxylation sites is 2. The Morgan fingerprint density at radius 1 is 1.00 bits per heavy atom. The van der Waals surface area contributed by atoms with Gasteiger partial charge in [-0.15, -0.1) is 0 Å². The summed E-state index contributed by atoms with van der Waals surface area (Å²) < 4.78 is 55.4. The molecule has 0 aliphatic carbocycles. The fraction of sp³-hybridized carbons (Fsp3) is 0.240. The van der Waals surface area contributed by atoms with Gasteiger partial charge in [-0.25, -0.2) is 22.5 Å². The number of ether oxygens (including phenoxy) is 2. The first kappa shape index (κ1) is 23.9. The normalized spacial score (nSPS) is 12.6. The Balaban J connectivity index is 1.56. The van der Waals surface area contributed by atoms with Gasteiger partial charge in [0.2, 0.25) is 10.0 Å². The summed E-state index contributed by atoms with van der Waals surface area (Å²) in [5, 5.41) is 0. The van der Waals surface area contributed by atoms with Crippen molar-refractivity contribution in [2.45, 2.75) is 24.4 Å². The largest absolute Gasteiger partial charge is 0.491 e. The van der Waals surface area contributed by atoms with Gasteiger partial charge in [-0.05, 0) is 61.0 Å². The highest BCUT2D eigenvalue weighted by Gasteiger charge is 2.23. The van der Waals surface area contributed by atoms with E-state index in [0.717, 1.165) is 11.0 Å². The summed E-state index contributed by atoms with van der Waals surface area (Å²) in [6.45, 7) is 3.63. The molecule has 1 N–H and O–H groups in total. The second-order valence-corrected chi connectivity index (χ2v) is 9.34. The average molecular weight is 484 g/mol. The van der Waals surface area contributed by atoms with Crippen molar-refractivity contribution < 1.29 is 22.3 Å². The molecule has 0 amide bonds. The predicted molar refractivity (Wildman–Crippen MR) is 128 cm³/mol. The first-order valence-corrected chi connectivity index (χ1v) is 12.4. The van der Waals surface area contributed by atoms with Crippen LogP contribution in [0.3, 0.4) is 0 Å². The molecule has 4 rings (SSSR count). The maximum Gasteiger partial charge on any atom is 0.241 e. The molecule has 7 nitrogen and oxygen atoms in total. The van der Waals surface area contributed by atoms with Crippen LogP contribution in [0.25, 0.3) is 11.0 Å². The van der Waals surface area contributed by atoms with Gasteiger partial charge < -0.3 is 14.0 Å². The highest BCUT2D eigenvalue weighted by atomic mass is 32.2. The molecule has 1 heterocycles. The highest BCUT2D eigenvalue weighted by molar-refractivity contribution is 7.89. The zero-order chi connectivity index (χ0) is 24.0. The third-order valence-electron chi connectivity index (χ3n) is 5.31. The number of nitrogens with one attached hydrogen (secondary N) is 1. The molecule has 0 spiro atoms. The van der Waals surface area contributed by atoms with Crippen LogP contribution in [0.5, 0.6) is 5.75 Å². The van der Waals surface area contributed by atoms with E-state index in [9.17, 15) is 12.8 Å². The lowest BCUT2D eigenvalue weighted by atomic mass is 10.1. The predicted octanol–water partition coefficient (Wildman–Crippen LogP) is 4.31. The van der Waals surface area contributed by atoms with E-state index in [0.29, 0.717) is 31.1 Å². The quantitative estimate of drug-likeness (QED) is 0.322. The topological polar surface area (TPSA) is 82.5 Å². The molecule has 4 aromatic rings. The van der Waals surface area contributed by atoms with Crippen molar-refractivity contribution in [1.29, 1.82) is 0 Å². The standard InChI is InChI=1S/C25H26FN3O4S/c1-2-32-15-16-33-21-11-13-22(14-12-21)34(30,31)28-24(19-7-9-20(26)10-8-19)17-29-18-27-23-5-3-4-6-25(23)29/h3-14,18,24,28H,2,15-17H2,1H3. The number of halogens is 1. The lowest BCUT2D eigenvalue weighted by Gasteiger charge is -2.20. The molecule has 34 heavy (non-hydrogen) atoms. The lowest BCUT2D eigenvalue weighted by molar-refractivity contribution is 0.110. The summed E-state index contributed by atoms with van der Waals surface area (Å²) in [5.74, 6) is 0.164. The van der Waals surface area contributed by atoms with Gasteiger partial charge in [-0.2, -0.15) is 0 Å². The monoisotopic (exact) mass is 483 g/mol. The van der Waals surface area contributed by atoms with E-state index in [-0.39, 0.29) is 11.4 Å². The van der Waals surface area contributed by atoms with Crippen molar-refractivity contribution in [2.24, 2.45) is 0 Å². The lowest BCUT2D eigenvalue weighted by Crippen LogP contribution is -2.31. The molecule has 0 radical (unpaired) electrons. The Labute approximate surface area is 198 Å². The van der Waals surface area contributed by atoms with E-state index in [1.807, 2.05) is 35.8 Å². The molecule has 0 fully saturated rings. The van der Waals surface area contributed by atoms with Gasteiger partial charge in [0.15, 0.2) is 0 Å². The molecule has 0 aliphatic heterocycles. The van der Waals surface area contributed by atoms with Gasteiger partial charge >= 0.3 is 0 Å². The van der Waals surface area contributed by atoms with Gasteiger partial charge in [-0.3, -0.25) is 0 Å². The van der Waals surface area contributed by atoms with Crippen LogP contribution in [-0.4, -0.2) is 37.8 Å². The Morgan fingerprint density at radius 3 is 2.47 bits per heavy atom. The van der Waals surface area contributed by atoms with Gasteiger partial charge in [-0.1, -0.05) is 24.3 Å². The van der Waals surface area contributed by atoms with Crippen LogP contribution in [0.4, 0.5) is 4.39 Å². The molecule has 3 aromatic carbocycles. The van der Waals surface area contributed by atoms with E-state index < -0.39 is 21.9 Å². The van der Waals surface area contributed by atoms with Crippen molar-refractivity contribution in [1.82, 2.24) is 14.3 Å². The minimum atomic E-state index is -3.88. The highest BCUT2D eigenvalue weighted by Crippen LogP contribution is 2.23. The third kappa shape index (κ3) is 5.80. The van der Waals surface area contributed by atoms with Crippen LogP contribution >= 0.6 is 0 Å². The fourth-order valence-electron chi connectivity index (χ4n) is 3.59. The minimum absolute atomic E-state index is 0.104. The smallest absolute Gasteiger partial charge is 0.241 e. The zero-order valence-electron chi connectivity index (χ0n) is 18.7. The summed E-state index contributed by atoms with van der Waals surface area (Å²) in [6, 6.07) is 18.9. The van der Waals surface area contributed by atoms with E-state index in [4.69, 9.17) is 9.47 Å². The van der Waals surface area contributed by atoms with E-state index in [1.165, 1.54) is 24.3 Å². The average Bonchev–Trinajstić information content (AvgIpc) is 3.25. The van der Waals surface area contributed by atoms with Gasteiger partial charge in [0.25, 0.3) is 0 Å². The fourth-order valence-corrected chi connectivity index (χ4v) is 4.81. The second kappa shape index (κ2) is 10.8. The molecule has 0 saturated heterocycles. The molecule has 1 atom stereocenters. The molecule has 0 aliphatic rings. The summed E-state index contributed by atoms with van der Waals surface area (Å²) in [6.07, 6.45) is 1.67. The van der Waals surface area contributed by atoms with Gasteiger partial charge in [0, 0.05) is 13.2 Å². The van der Waals surface area contributed by atoms with Crippen molar-refractivity contribution in [2.75, 3.05) is 19.8 Å². The SMILES string of the molecule is CCOCCOc1ccc(S(=O)(=O)NC(Cn2cnc3ccccc32)c2ccc(F)cc2)cc1. The second-order valence-electron chi connectivity index (χ2n) is 7.63. The number of rotatable bonds is 11. The summed E-state index contributed by atoms with van der Waals surface area (Å²) in [7, 11) is -3.88. The third-order valence-corrected chi connectivity index (χ3v) is 6.80. The molecular weight excluding hydrogens is 457 g/mol. The van der Waals surface area contributed by atoms with Crippen LogP contribution in [0.2, 0.25) is 0 Å². The van der Waals surface area contributed by atoms with E-state index >= 15 is 0 Å². The van der Waals surface area contributed by atoms with Crippen molar-refractivity contribution >= 4 is 21.1 Å².